The van der Waals surface area contributed by atoms with E-state index in [1.54, 1.807) is 0 Å². The molecule has 0 bridgehead atoms. The Labute approximate surface area is 135 Å². The SMILES string of the molecule is Cc1c(Cl)cccc1NC(=O)CN1c2ccccc2C[C@H]1C. The van der Waals surface area contributed by atoms with Gasteiger partial charge in [0, 0.05) is 22.4 Å². The van der Waals surface area contributed by atoms with E-state index < -0.39 is 0 Å². The molecule has 0 unspecified atom stereocenters. The molecule has 0 saturated carbocycles. The molecule has 1 heterocycles. The highest BCUT2D eigenvalue weighted by molar-refractivity contribution is 6.31. The molecule has 0 radical (unpaired) electrons. The molecular formula is C18H19ClN2O. The van der Waals surface area contributed by atoms with Gasteiger partial charge in [0.15, 0.2) is 0 Å². The Morgan fingerprint density at radius 3 is 2.86 bits per heavy atom. The van der Waals surface area contributed by atoms with Crippen LogP contribution in [0.15, 0.2) is 42.5 Å². The van der Waals surface area contributed by atoms with E-state index in [-0.39, 0.29) is 5.91 Å². The van der Waals surface area contributed by atoms with Crippen LogP contribution in [0.2, 0.25) is 5.02 Å². The predicted octanol–water partition coefficient (Wildman–Crippen LogP) is 4.04. The average molecular weight is 315 g/mol. The van der Waals surface area contributed by atoms with Gasteiger partial charge in [-0.3, -0.25) is 4.79 Å². The summed E-state index contributed by atoms with van der Waals surface area (Å²) in [5.74, 6) is -0.0195. The first-order chi connectivity index (χ1) is 10.6. The number of para-hydroxylation sites is 1. The summed E-state index contributed by atoms with van der Waals surface area (Å²) in [6.45, 7) is 4.41. The fraction of sp³-hybridized carbons (Fsp3) is 0.278. The first-order valence-corrected chi connectivity index (χ1v) is 7.83. The Balaban J connectivity index is 1.74. The number of amides is 1. The van der Waals surface area contributed by atoms with Crippen molar-refractivity contribution in [1.29, 1.82) is 0 Å². The van der Waals surface area contributed by atoms with Crippen LogP contribution < -0.4 is 10.2 Å². The summed E-state index contributed by atoms with van der Waals surface area (Å²) in [5.41, 5.74) is 4.14. The highest BCUT2D eigenvalue weighted by Gasteiger charge is 2.27. The van der Waals surface area contributed by atoms with E-state index in [0.29, 0.717) is 17.6 Å². The number of rotatable bonds is 3. The number of nitrogens with one attached hydrogen (secondary N) is 1. The van der Waals surface area contributed by atoms with Gasteiger partial charge in [0.1, 0.15) is 0 Å². The number of hydrogen-bond donors (Lipinski definition) is 1. The minimum atomic E-state index is -0.0195. The van der Waals surface area contributed by atoms with Crippen molar-refractivity contribution in [2.75, 3.05) is 16.8 Å². The fourth-order valence-electron chi connectivity index (χ4n) is 2.96. The zero-order valence-corrected chi connectivity index (χ0v) is 13.5. The summed E-state index contributed by atoms with van der Waals surface area (Å²) in [6, 6.07) is 14.2. The molecule has 2 aromatic rings. The average Bonchev–Trinajstić information content (AvgIpc) is 2.80. The third kappa shape index (κ3) is 2.81. The number of anilines is 2. The maximum absolute atomic E-state index is 12.4. The van der Waals surface area contributed by atoms with Crippen molar-refractivity contribution >= 4 is 28.9 Å². The molecule has 1 atom stereocenters. The van der Waals surface area contributed by atoms with E-state index in [1.807, 2.05) is 37.3 Å². The van der Waals surface area contributed by atoms with E-state index in [1.165, 1.54) is 5.56 Å². The molecule has 3 nitrogen and oxygen atoms in total. The quantitative estimate of drug-likeness (QED) is 0.927. The van der Waals surface area contributed by atoms with Crippen LogP contribution in [-0.2, 0) is 11.2 Å². The molecule has 1 aliphatic heterocycles. The number of carbonyl (C=O) groups is 1. The van der Waals surface area contributed by atoms with E-state index in [9.17, 15) is 4.79 Å². The summed E-state index contributed by atoms with van der Waals surface area (Å²) in [5, 5.41) is 3.63. The standard InChI is InChI=1S/C18H19ClN2O/c1-12-10-14-6-3-4-9-17(14)21(12)11-18(22)20-16-8-5-7-15(19)13(16)2/h3-9,12H,10-11H2,1-2H3,(H,20,22)/t12-/m1/s1. The summed E-state index contributed by atoms with van der Waals surface area (Å²) >= 11 is 6.10. The second kappa shape index (κ2) is 6.01. The summed E-state index contributed by atoms with van der Waals surface area (Å²) in [7, 11) is 0. The number of benzene rings is 2. The van der Waals surface area contributed by atoms with Gasteiger partial charge in [0.05, 0.1) is 6.54 Å². The Morgan fingerprint density at radius 1 is 1.27 bits per heavy atom. The van der Waals surface area contributed by atoms with Crippen LogP contribution in [0.25, 0.3) is 0 Å². The monoisotopic (exact) mass is 314 g/mol. The largest absolute Gasteiger partial charge is 0.359 e. The Morgan fingerprint density at radius 2 is 2.05 bits per heavy atom. The highest BCUT2D eigenvalue weighted by Crippen LogP contribution is 2.31. The van der Waals surface area contributed by atoms with E-state index in [4.69, 9.17) is 11.6 Å². The van der Waals surface area contributed by atoms with Crippen molar-refractivity contribution in [2.24, 2.45) is 0 Å². The lowest BCUT2D eigenvalue weighted by Crippen LogP contribution is -2.37. The molecule has 1 amide bonds. The molecule has 4 heteroatoms. The van der Waals surface area contributed by atoms with Crippen LogP contribution in [0.1, 0.15) is 18.1 Å². The predicted molar refractivity (Wildman–Crippen MR) is 91.8 cm³/mol. The van der Waals surface area contributed by atoms with Crippen LogP contribution in [0.5, 0.6) is 0 Å². The van der Waals surface area contributed by atoms with Gasteiger partial charge in [-0.2, -0.15) is 0 Å². The number of carbonyl (C=O) groups excluding carboxylic acids is 1. The lowest BCUT2D eigenvalue weighted by atomic mass is 10.1. The smallest absolute Gasteiger partial charge is 0.243 e. The Bertz CT molecular complexity index is 714. The van der Waals surface area contributed by atoms with Gasteiger partial charge in [-0.15, -0.1) is 0 Å². The fourth-order valence-corrected chi connectivity index (χ4v) is 3.13. The van der Waals surface area contributed by atoms with Crippen molar-refractivity contribution in [1.82, 2.24) is 0 Å². The van der Waals surface area contributed by atoms with Crippen LogP contribution >= 0.6 is 11.6 Å². The second-order valence-corrected chi connectivity index (χ2v) is 6.18. The van der Waals surface area contributed by atoms with Gasteiger partial charge in [0.25, 0.3) is 0 Å². The topological polar surface area (TPSA) is 32.3 Å². The molecule has 114 valence electrons. The lowest BCUT2D eigenvalue weighted by molar-refractivity contribution is -0.115. The van der Waals surface area contributed by atoms with Crippen LogP contribution in [-0.4, -0.2) is 18.5 Å². The van der Waals surface area contributed by atoms with Gasteiger partial charge >= 0.3 is 0 Å². The van der Waals surface area contributed by atoms with Gasteiger partial charge in [-0.05, 0) is 49.6 Å². The molecule has 22 heavy (non-hydrogen) atoms. The summed E-state index contributed by atoms with van der Waals surface area (Å²) < 4.78 is 0. The van der Waals surface area contributed by atoms with Crippen LogP contribution in [0, 0.1) is 6.92 Å². The van der Waals surface area contributed by atoms with Crippen molar-refractivity contribution in [3.05, 3.63) is 58.6 Å². The maximum Gasteiger partial charge on any atom is 0.243 e. The zero-order chi connectivity index (χ0) is 15.7. The maximum atomic E-state index is 12.4. The lowest BCUT2D eigenvalue weighted by Gasteiger charge is -2.24. The van der Waals surface area contributed by atoms with E-state index in [2.05, 4.69) is 29.3 Å². The molecule has 0 spiro atoms. The van der Waals surface area contributed by atoms with Crippen molar-refractivity contribution in [3.63, 3.8) is 0 Å². The Kier molecular flexibility index (Phi) is 4.08. The third-order valence-corrected chi connectivity index (χ3v) is 4.61. The van der Waals surface area contributed by atoms with Gasteiger partial charge < -0.3 is 10.2 Å². The molecule has 1 N–H and O–H groups in total. The van der Waals surface area contributed by atoms with Crippen molar-refractivity contribution in [3.8, 4) is 0 Å². The van der Waals surface area contributed by atoms with Crippen LogP contribution in [0.4, 0.5) is 11.4 Å². The molecule has 0 fully saturated rings. The van der Waals surface area contributed by atoms with Crippen molar-refractivity contribution < 1.29 is 4.79 Å². The van der Waals surface area contributed by atoms with Gasteiger partial charge in [-0.1, -0.05) is 35.9 Å². The zero-order valence-electron chi connectivity index (χ0n) is 12.8. The summed E-state index contributed by atoms with van der Waals surface area (Å²) in [6.07, 6.45) is 0.986. The number of nitrogens with zero attached hydrogens (tertiary/aromatic N) is 1. The minimum Gasteiger partial charge on any atom is -0.359 e. The molecule has 0 saturated heterocycles. The van der Waals surface area contributed by atoms with E-state index >= 15 is 0 Å². The number of halogens is 1. The first kappa shape index (κ1) is 14.9. The molecule has 0 aromatic heterocycles. The first-order valence-electron chi connectivity index (χ1n) is 7.46. The normalized spacial score (nSPS) is 16.5. The Hall–Kier alpha value is -2.00. The van der Waals surface area contributed by atoms with Crippen molar-refractivity contribution in [2.45, 2.75) is 26.3 Å². The van der Waals surface area contributed by atoms with Gasteiger partial charge in [0.2, 0.25) is 5.91 Å². The number of fused-ring (bicyclic) bond motifs is 1. The highest BCUT2D eigenvalue weighted by atomic mass is 35.5. The number of hydrogen-bond acceptors (Lipinski definition) is 2. The third-order valence-electron chi connectivity index (χ3n) is 4.20. The molecule has 3 rings (SSSR count). The van der Waals surface area contributed by atoms with Crippen LogP contribution in [0.3, 0.4) is 0 Å². The van der Waals surface area contributed by atoms with Gasteiger partial charge in [-0.25, -0.2) is 0 Å². The minimum absolute atomic E-state index is 0.0195. The molecular weight excluding hydrogens is 296 g/mol. The molecule has 1 aliphatic rings. The summed E-state index contributed by atoms with van der Waals surface area (Å²) in [4.78, 5) is 14.5. The molecule has 0 aliphatic carbocycles. The van der Waals surface area contributed by atoms with E-state index in [0.717, 1.165) is 23.4 Å². The molecule has 2 aromatic carbocycles. The second-order valence-electron chi connectivity index (χ2n) is 5.77.